The molecule has 0 bridgehead atoms. The second-order valence-corrected chi connectivity index (χ2v) is 8.26. The van der Waals surface area contributed by atoms with Crippen LogP contribution in [0.25, 0.3) is 0 Å². The Kier molecular flexibility index (Phi) is 8.28. The Labute approximate surface area is 163 Å². The lowest BCUT2D eigenvalue weighted by molar-refractivity contribution is 0.133. The summed E-state index contributed by atoms with van der Waals surface area (Å²) in [4.78, 5) is 16.2. The molecule has 0 spiro atoms. The molecule has 2 aromatic rings. The molecular weight excluding hydrogens is 405 g/mol. The van der Waals surface area contributed by atoms with E-state index in [0.717, 1.165) is 5.56 Å². The highest BCUT2D eigenvalue weighted by molar-refractivity contribution is 7.90. The fourth-order valence-corrected chi connectivity index (χ4v) is 3.12. The van der Waals surface area contributed by atoms with Crippen LogP contribution in [0, 0.1) is 0 Å². The van der Waals surface area contributed by atoms with Crippen molar-refractivity contribution in [2.45, 2.75) is 13.2 Å². The molecule has 2 amide bonds. The third-order valence-electron chi connectivity index (χ3n) is 2.97. The highest BCUT2D eigenvalue weighted by atomic mass is 35.5. The second-order valence-electron chi connectivity index (χ2n) is 5.03. The minimum Gasteiger partial charge on any atom is -0.616 e. The molecule has 0 aliphatic carbocycles. The first kappa shape index (κ1) is 20.3. The van der Waals surface area contributed by atoms with Crippen LogP contribution in [0.1, 0.15) is 11.3 Å². The summed E-state index contributed by atoms with van der Waals surface area (Å²) in [6, 6.07) is 4.80. The molecule has 0 saturated heterocycles. The Bertz CT molecular complexity index is 713. The summed E-state index contributed by atoms with van der Waals surface area (Å²) in [5.74, 6) is 0.492. The largest absolute Gasteiger partial charge is 0.616 e. The fourth-order valence-electron chi connectivity index (χ4n) is 1.76. The number of rotatable bonds is 8. The van der Waals surface area contributed by atoms with E-state index in [4.69, 9.17) is 27.9 Å². The third-order valence-corrected chi connectivity index (χ3v) is 5.26. The highest BCUT2D eigenvalue weighted by Crippen LogP contribution is 2.22. The van der Waals surface area contributed by atoms with Gasteiger partial charge in [-0.2, -0.15) is 0 Å². The van der Waals surface area contributed by atoms with Gasteiger partial charge in [0.05, 0.1) is 35.2 Å². The van der Waals surface area contributed by atoms with Crippen LogP contribution in [-0.2, 0) is 29.1 Å². The van der Waals surface area contributed by atoms with Gasteiger partial charge in [-0.1, -0.05) is 40.4 Å². The van der Waals surface area contributed by atoms with E-state index in [1.807, 2.05) is 0 Å². The van der Waals surface area contributed by atoms with Crippen LogP contribution in [0.3, 0.4) is 0 Å². The topological polar surface area (TPSA) is 86.3 Å². The summed E-state index contributed by atoms with van der Waals surface area (Å²) < 4.78 is 16.3. The summed E-state index contributed by atoms with van der Waals surface area (Å²) in [5.41, 5.74) is 1.55. The van der Waals surface area contributed by atoms with Crippen molar-refractivity contribution in [2.24, 2.45) is 0 Å². The Morgan fingerprint density at radius 2 is 2.20 bits per heavy atom. The molecular formula is C15H17Cl2N3O3S2. The Balaban J connectivity index is 1.74. The zero-order valence-corrected chi connectivity index (χ0v) is 16.5. The molecule has 2 rings (SSSR count). The van der Waals surface area contributed by atoms with E-state index in [1.165, 1.54) is 11.3 Å². The number of amides is 2. The molecule has 1 aromatic carbocycles. The zero-order chi connectivity index (χ0) is 18.2. The lowest BCUT2D eigenvalue weighted by Gasteiger charge is -2.06. The number of nitrogens with one attached hydrogen (secondary N) is 2. The van der Waals surface area contributed by atoms with Gasteiger partial charge in [-0.05, 0) is 17.7 Å². The number of anilines is 1. The second kappa shape index (κ2) is 10.2. The van der Waals surface area contributed by atoms with Crippen molar-refractivity contribution in [3.05, 3.63) is 44.9 Å². The number of halogens is 2. The average Bonchev–Trinajstić information content (AvgIpc) is 3.00. The van der Waals surface area contributed by atoms with Crippen molar-refractivity contribution in [3.8, 4) is 0 Å². The van der Waals surface area contributed by atoms with Crippen LogP contribution < -0.4 is 10.6 Å². The molecule has 1 heterocycles. The van der Waals surface area contributed by atoms with Crippen LogP contribution in [0.4, 0.5) is 9.93 Å². The molecule has 136 valence electrons. The van der Waals surface area contributed by atoms with Crippen LogP contribution in [0.15, 0.2) is 23.6 Å². The quantitative estimate of drug-likeness (QED) is 0.502. The summed E-state index contributed by atoms with van der Waals surface area (Å²) in [6.45, 7) is 1.05. The molecule has 1 atom stereocenters. The van der Waals surface area contributed by atoms with E-state index in [1.54, 1.807) is 29.8 Å². The van der Waals surface area contributed by atoms with Gasteiger partial charge >= 0.3 is 6.03 Å². The predicted octanol–water partition coefficient (Wildman–Crippen LogP) is 3.67. The van der Waals surface area contributed by atoms with Crippen molar-refractivity contribution in [1.29, 1.82) is 0 Å². The molecule has 1 unspecified atom stereocenters. The first-order valence-corrected chi connectivity index (χ1v) is 10.6. The van der Waals surface area contributed by atoms with Gasteiger partial charge in [0.1, 0.15) is 5.75 Å². The molecule has 2 N–H and O–H groups in total. The van der Waals surface area contributed by atoms with E-state index in [2.05, 4.69) is 15.6 Å². The lowest BCUT2D eigenvalue weighted by Crippen LogP contribution is -2.28. The number of benzene rings is 1. The minimum absolute atomic E-state index is 0.318. The van der Waals surface area contributed by atoms with Crippen molar-refractivity contribution in [2.75, 3.05) is 23.9 Å². The number of hydrogen-bond donors (Lipinski definition) is 2. The van der Waals surface area contributed by atoms with E-state index in [9.17, 15) is 9.35 Å². The molecule has 0 fully saturated rings. The number of aromatic nitrogens is 1. The average molecular weight is 422 g/mol. The summed E-state index contributed by atoms with van der Waals surface area (Å²) in [5, 5.41) is 8.57. The SMILES string of the molecule is C[S+]([O-])CCOCc1csc(NC(=O)NCc2ccc(Cl)c(Cl)c2)n1. The van der Waals surface area contributed by atoms with Gasteiger partial charge in [0.15, 0.2) is 5.13 Å². The van der Waals surface area contributed by atoms with Gasteiger partial charge in [0, 0.05) is 11.9 Å². The first-order valence-electron chi connectivity index (χ1n) is 7.25. The smallest absolute Gasteiger partial charge is 0.321 e. The van der Waals surface area contributed by atoms with Gasteiger partial charge in [-0.15, -0.1) is 11.3 Å². The Hall–Kier alpha value is -1.03. The van der Waals surface area contributed by atoms with Crippen molar-refractivity contribution >= 4 is 56.9 Å². The van der Waals surface area contributed by atoms with Crippen LogP contribution in [0.2, 0.25) is 10.0 Å². The maximum atomic E-state index is 11.9. The first-order chi connectivity index (χ1) is 11.9. The number of hydrogen-bond acceptors (Lipinski definition) is 5. The molecule has 0 radical (unpaired) electrons. The van der Waals surface area contributed by atoms with E-state index in [-0.39, 0.29) is 6.03 Å². The highest BCUT2D eigenvalue weighted by Gasteiger charge is 2.08. The summed E-state index contributed by atoms with van der Waals surface area (Å²) in [6.07, 6.45) is 1.63. The number of nitrogens with zero attached hydrogens (tertiary/aromatic N) is 1. The minimum atomic E-state index is -0.871. The van der Waals surface area contributed by atoms with Crippen molar-refractivity contribution in [1.82, 2.24) is 10.3 Å². The molecule has 1 aromatic heterocycles. The van der Waals surface area contributed by atoms with Gasteiger partial charge in [-0.3, -0.25) is 5.32 Å². The van der Waals surface area contributed by atoms with Gasteiger partial charge in [0.25, 0.3) is 0 Å². The number of thiazole rings is 1. The van der Waals surface area contributed by atoms with E-state index < -0.39 is 11.2 Å². The number of carbonyl (C=O) groups excluding carboxylic acids is 1. The van der Waals surface area contributed by atoms with Gasteiger partial charge in [0.2, 0.25) is 0 Å². The number of ether oxygens (including phenoxy) is 1. The van der Waals surface area contributed by atoms with E-state index in [0.29, 0.717) is 46.4 Å². The molecule has 0 aliphatic rings. The van der Waals surface area contributed by atoms with Crippen LogP contribution in [-0.4, -0.2) is 34.2 Å². The van der Waals surface area contributed by atoms with Crippen LogP contribution in [0.5, 0.6) is 0 Å². The monoisotopic (exact) mass is 421 g/mol. The molecule has 10 heteroatoms. The van der Waals surface area contributed by atoms with Gasteiger partial charge in [-0.25, -0.2) is 9.78 Å². The zero-order valence-electron chi connectivity index (χ0n) is 13.4. The molecule has 6 nitrogen and oxygen atoms in total. The molecule has 25 heavy (non-hydrogen) atoms. The maximum Gasteiger partial charge on any atom is 0.321 e. The number of urea groups is 1. The Morgan fingerprint density at radius 3 is 2.92 bits per heavy atom. The standard InChI is InChI=1S/C15H17Cl2N3O3S2/c1-25(22)5-4-23-8-11-9-24-15(19-11)20-14(21)18-7-10-2-3-12(16)13(17)6-10/h2-3,6,9H,4-5,7-8H2,1H3,(H2,18,19,20,21). The normalized spacial score (nSPS) is 12.0. The van der Waals surface area contributed by atoms with Crippen molar-refractivity contribution < 1.29 is 14.1 Å². The molecule has 0 aliphatic heterocycles. The Morgan fingerprint density at radius 1 is 1.40 bits per heavy atom. The number of carbonyl (C=O) groups is 1. The maximum absolute atomic E-state index is 11.9. The van der Waals surface area contributed by atoms with Crippen molar-refractivity contribution in [3.63, 3.8) is 0 Å². The van der Waals surface area contributed by atoms with Gasteiger partial charge < -0.3 is 14.6 Å². The third kappa shape index (κ3) is 7.39. The fraction of sp³-hybridized carbons (Fsp3) is 0.333. The molecule has 0 saturated carbocycles. The summed E-state index contributed by atoms with van der Waals surface area (Å²) in [7, 11) is 0. The summed E-state index contributed by atoms with van der Waals surface area (Å²) >= 11 is 12.2. The van der Waals surface area contributed by atoms with E-state index >= 15 is 0 Å². The lowest BCUT2D eigenvalue weighted by atomic mass is 10.2. The van der Waals surface area contributed by atoms with Crippen LogP contribution >= 0.6 is 34.5 Å². The predicted molar refractivity (Wildman–Crippen MR) is 103 cm³/mol.